The Morgan fingerprint density at radius 3 is 1.25 bits per heavy atom. The van der Waals surface area contributed by atoms with E-state index in [2.05, 4.69) is 40.3 Å². The van der Waals surface area contributed by atoms with Gasteiger partial charge in [0.05, 0.1) is 0 Å². The molecule has 7 rings (SSSR count). The van der Waals surface area contributed by atoms with Crippen molar-refractivity contribution >= 4 is 34.7 Å². The van der Waals surface area contributed by atoms with Crippen molar-refractivity contribution < 1.29 is 0 Å². The Morgan fingerprint density at radius 1 is 0.455 bits per heavy atom. The molecular weight excluding hydrogens is 581 g/mol. The molecule has 0 saturated heterocycles. The van der Waals surface area contributed by atoms with Crippen LogP contribution in [-0.4, -0.2) is 9.97 Å². The summed E-state index contributed by atoms with van der Waals surface area (Å²) < 4.78 is 0. The van der Waals surface area contributed by atoms with Gasteiger partial charge in [-0.2, -0.15) is 21.0 Å². The Morgan fingerprint density at radius 2 is 0.864 bits per heavy atom. The zero-order valence-corrected chi connectivity index (χ0v) is 24.4. The van der Waals surface area contributed by atoms with Crippen LogP contribution < -0.4 is 0 Å². The lowest BCUT2D eigenvalue weighted by atomic mass is 9.93. The first-order chi connectivity index (χ1) is 21.6. The molecule has 0 unspecified atom stereocenters. The van der Waals surface area contributed by atoms with Gasteiger partial charge < -0.3 is 0 Å². The summed E-state index contributed by atoms with van der Waals surface area (Å²) in [5.74, 6) is 0. The van der Waals surface area contributed by atoms with Gasteiger partial charge in [-0.05, 0) is 105 Å². The van der Waals surface area contributed by atoms with Crippen LogP contribution >= 0.6 is 23.5 Å². The second-order valence-corrected chi connectivity index (χ2v) is 12.0. The molecule has 0 atom stereocenters. The maximum absolute atomic E-state index is 10.00. The molecule has 0 radical (unpaired) electrons. The molecule has 0 saturated carbocycles. The Labute approximate surface area is 261 Å². The molecule has 0 fully saturated rings. The molecule has 2 heterocycles. The average molecular weight is 597 g/mol. The minimum Gasteiger partial charge on any atom is -0.250 e. The normalized spacial score (nSPS) is 11.6. The smallest absolute Gasteiger partial charge is 0.138 e. The summed E-state index contributed by atoms with van der Waals surface area (Å²) in [6, 6.07) is 35.8. The van der Waals surface area contributed by atoms with Gasteiger partial charge in [0, 0.05) is 33.3 Å². The Hall–Kier alpha value is -5.90. The van der Waals surface area contributed by atoms with E-state index in [4.69, 9.17) is 0 Å². The monoisotopic (exact) mass is 596 g/mol. The van der Waals surface area contributed by atoms with Gasteiger partial charge in [-0.25, -0.2) is 9.97 Å². The highest BCUT2D eigenvalue weighted by Gasteiger charge is 2.34. The van der Waals surface area contributed by atoms with Gasteiger partial charge in [-0.15, -0.1) is 0 Å². The lowest BCUT2D eigenvalue weighted by molar-refractivity contribution is 1.13. The SMILES string of the molecule is N#CC(C#N)=C1c2cc(Sc3ccccn3)ccc2-c2cc3c(cc21)C(=C(C#N)C#N)c1cc(Sc2ccccn2)ccc1-3. The molecule has 0 aliphatic heterocycles. The van der Waals surface area contributed by atoms with Crippen LogP contribution in [0.5, 0.6) is 0 Å². The van der Waals surface area contributed by atoms with Crippen molar-refractivity contribution in [3.63, 3.8) is 0 Å². The van der Waals surface area contributed by atoms with Crippen LogP contribution in [-0.2, 0) is 0 Å². The summed E-state index contributed by atoms with van der Waals surface area (Å²) in [5, 5.41) is 41.7. The van der Waals surface area contributed by atoms with E-state index < -0.39 is 0 Å². The largest absolute Gasteiger partial charge is 0.250 e. The van der Waals surface area contributed by atoms with E-state index in [9.17, 15) is 21.0 Å². The number of rotatable bonds is 4. The second-order valence-electron chi connectivity index (χ2n) is 9.85. The topological polar surface area (TPSA) is 121 Å². The minimum absolute atomic E-state index is 0.000754. The Balaban J connectivity index is 1.43. The number of benzene rings is 3. The fraction of sp³-hybridized carbons (Fsp3) is 0. The second kappa shape index (κ2) is 11.1. The Bertz CT molecular complexity index is 2070. The van der Waals surface area contributed by atoms with Crippen LogP contribution in [0, 0.1) is 45.3 Å². The Kier molecular flexibility index (Phi) is 6.78. The number of aromatic nitrogens is 2. The summed E-state index contributed by atoms with van der Waals surface area (Å²) in [6.45, 7) is 0. The van der Waals surface area contributed by atoms with Gasteiger partial charge in [-0.3, -0.25) is 0 Å². The molecule has 0 amide bonds. The molecule has 44 heavy (non-hydrogen) atoms. The third-order valence-electron chi connectivity index (χ3n) is 7.47. The highest BCUT2D eigenvalue weighted by atomic mass is 32.2. The van der Waals surface area contributed by atoms with E-state index in [1.807, 2.05) is 78.9 Å². The van der Waals surface area contributed by atoms with E-state index in [0.717, 1.165) is 64.4 Å². The van der Waals surface area contributed by atoms with E-state index in [-0.39, 0.29) is 11.1 Å². The molecule has 8 heteroatoms. The zero-order valence-electron chi connectivity index (χ0n) is 22.7. The number of allylic oxidation sites excluding steroid dienone is 2. The lowest BCUT2D eigenvalue weighted by Crippen LogP contribution is -1.92. The van der Waals surface area contributed by atoms with Gasteiger partial charge in [0.1, 0.15) is 45.5 Å². The fourth-order valence-electron chi connectivity index (χ4n) is 5.68. The maximum Gasteiger partial charge on any atom is 0.138 e. The maximum atomic E-state index is 10.00. The van der Waals surface area contributed by atoms with E-state index in [1.165, 1.54) is 23.5 Å². The van der Waals surface area contributed by atoms with Gasteiger partial charge in [0.25, 0.3) is 0 Å². The summed E-state index contributed by atoms with van der Waals surface area (Å²) >= 11 is 3.00. The highest BCUT2D eigenvalue weighted by Crippen LogP contribution is 2.54. The molecule has 0 bridgehead atoms. The predicted octanol–water partition coefficient (Wildman–Crippen LogP) is 8.44. The minimum atomic E-state index is 0.000754. The molecule has 2 aliphatic rings. The van der Waals surface area contributed by atoms with Crippen LogP contribution in [0.1, 0.15) is 22.3 Å². The van der Waals surface area contributed by atoms with Crippen molar-refractivity contribution in [1.29, 1.82) is 21.0 Å². The summed E-state index contributed by atoms with van der Waals surface area (Å²) in [7, 11) is 0. The molecule has 3 aromatic carbocycles. The van der Waals surface area contributed by atoms with Crippen molar-refractivity contribution in [3.8, 4) is 46.5 Å². The summed E-state index contributed by atoms with van der Waals surface area (Å²) in [4.78, 5) is 10.7. The van der Waals surface area contributed by atoms with Crippen LogP contribution in [0.15, 0.2) is 128 Å². The molecule has 5 aromatic rings. The standard InChI is InChI=1S/C36H16N6S2/c37-17-21(18-38)35-29-13-23(43-33-5-1-3-11-41-33)7-9-25(29)27-15-28-26-10-8-24(44-34-6-2-4-12-42-34)14-30(26)36(22(19-39)20-40)32(28)16-31(27)35/h1-16H. The third-order valence-corrected chi connectivity index (χ3v) is 9.35. The van der Waals surface area contributed by atoms with Crippen molar-refractivity contribution in [3.05, 3.63) is 131 Å². The van der Waals surface area contributed by atoms with Crippen molar-refractivity contribution in [2.75, 3.05) is 0 Å². The van der Waals surface area contributed by atoms with Gasteiger partial charge in [0.2, 0.25) is 0 Å². The first-order valence-electron chi connectivity index (χ1n) is 13.4. The summed E-state index contributed by atoms with van der Waals surface area (Å²) in [5.41, 5.74) is 7.71. The van der Waals surface area contributed by atoms with Gasteiger partial charge in [0.15, 0.2) is 0 Å². The lowest BCUT2D eigenvalue weighted by Gasteiger charge is -2.08. The number of pyridine rings is 2. The van der Waals surface area contributed by atoms with Crippen LogP contribution in [0.4, 0.5) is 0 Å². The molecule has 202 valence electrons. The number of nitrogens with zero attached hydrogens (tertiary/aromatic N) is 6. The van der Waals surface area contributed by atoms with Gasteiger partial charge >= 0.3 is 0 Å². The van der Waals surface area contributed by atoms with E-state index in [1.54, 1.807) is 12.4 Å². The van der Waals surface area contributed by atoms with Crippen LogP contribution in [0.25, 0.3) is 33.4 Å². The quantitative estimate of drug-likeness (QED) is 0.186. The number of hydrogen-bond acceptors (Lipinski definition) is 8. The first kappa shape index (κ1) is 27.0. The van der Waals surface area contributed by atoms with Gasteiger partial charge in [-0.1, -0.05) is 47.8 Å². The van der Waals surface area contributed by atoms with Crippen molar-refractivity contribution in [2.45, 2.75) is 19.8 Å². The molecular formula is C36H16N6S2. The molecule has 2 aromatic heterocycles. The molecule has 0 N–H and O–H groups in total. The van der Waals surface area contributed by atoms with Crippen LogP contribution in [0.2, 0.25) is 0 Å². The number of nitriles is 4. The highest BCUT2D eigenvalue weighted by molar-refractivity contribution is 7.99. The predicted molar refractivity (Wildman–Crippen MR) is 169 cm³/mol. The fourth-order valence-corrected chi connectivity index (χ4v) is 7.30. The molecule has 0 spiro atoms. The van der Waals surface area contributed by atoms with E-state index >= 15 is 0 Å². The summed E-state index contributed by atoms with van der Waals surface area (Å²) in [6.07, 6.45) is 3.48. The number of hydrogen-bond donors (Lipinski definition) is 0. The van der Waals surface area contributed by atoms with Crippen molar-refractivity contribution in [2.24, 2.45) is 0 Å². The molecule has 2 aliphatic carbocycles. The number of fused-ring (bicyclic) bond motifs is 6. The average Bonchev–Trinajstić information content (AvgIpc) is 3.54. The van der Waals surface area contributed by atoms with Crippen LogP contribution in [0.3, 0.4) is 0 Å². The third kappa shape index (κ3) is 4.44. The first-order valence-corrected chi connectivity index (χ1v) is 15.0. The zero-order chi connectivity index (χ0) is 30.2. The van der Waals surface area contributed by atoms with E-state index in [0.29, 0.717) is 11.1 Å². The molecule has 6 nitrogen and oxygen atoms in total. The van der Waals surface area contributed by atoms with Crippen molar-refractivity contribution in [1.82, 2.24) is 9.97 Å².